The molecule has 3 heterocycles. The summed E-state index contributed by atoms with van der Waals surface area (Å²) in [6.45, 7) is 4.75. The van der Waals surface area contributed by atoms with Gasteiger partial charge in [-0.2, -0.15) is 11.8 Å². The first-order chi connectivity index (χ1) is 10.2. The number of ether oxygens (including phenoxy) is 1. The molecule has 120 valence electrons. The van der Waals surface area contributed by atoms with Crippen LogP contribution in [0.1, 0.15) is 45.4 Å². The van der Waals surface area contributed by atoms with E-state index >= 15 is 0 Å². The van der Waals surface area contributed by atoms with Gasteiger partial charge in [-0.25, -0.2) is 0 Å². The summed E-state index contributed by atoms with van der Waals surface area (Å²) < 4.78 is 6.06. The summed E-state index contributed by atoms with van der Waals surface area (Å²) in [5.41, 5.74) is 0.0917. The minimum absolute atomic E-state index is 0.0580. The first-order valence-corrected chi connectivity index (χ1v) is 9.61. The van der Waals surface area contributed by atoms with E-state index in [4.69, 9.17) is 4.74 Å². The molecule has 3 aliphatic heterocycles. The molecule has 3 aliphatic rings. The first kappa shape index (κ1) is 15.6. The first-order valence-electron chi connectivity index (χ1n) is 8.45. The van der Waals surface area contributed by atoms with Crippen molar-refractivity contribution in [2.24, 2.45) is 0 Å². The highest BCUT2D eigenvalue weighted by molar-refractivity contribution is 7.99. The van der Waals surface area contributed by atoms with Crippen molar-refractivity contribution in [1.82, 2.24) is 10.2 Å². The Morgan fingerprint density at radius 2 is 2.19 bits per heavy atom. The third-order valence-electron chi connectivity index (χ3n) is 5.08. The fourth-order valence-corrected chi connectivity index (χ4v) is 5.22. The van der Waals surface area contributed by atoms with Crippen LogP contribution in [0.4, 0.5) is 0 Å². The number of piperidine rings is 1. The molecule has 3 saturated heterocycles. The predicted molar refractivity (Wildman–Crippen MR) is 86.7 cm³/mol. The number of likely N-dealkylation sites (tertiary alicyclic amines) is 1. The largest absolute Gasteiger partial charge is 0.374 e. The van der Waals surface area contributed by atoms with E-state index in [1.54, 1.807) is 0 Å². The van der Waals surface area contributed by atoms with Gasteiger partial charge >= 0.3 is 0 Å². The number of hydrogen-bond donors (Lipinski definition) is 1. The Morgan fingerprint density at radius 1 is 1.38 bits per heavy atom. The highest BCUT2D eigenvalue weighted by atomic mass is 32.2. The Morgan fingerprint density at radius 3 is 2.90 bits per heavy atom. The van der Waals surface area contributed by atoms with Gasteiger partial charge in [0.15, 0.2) is 0 Å². The number of amides is 1. The summed E-state index contributed by atoms with van der Waals surface area (Å²) in [4.78, 5) is 14.6. The van der Waals surface area contributed by atoms with Gasteiger partial charge < -0.3 is 15.0 Å². The van der Waals surface area contributed by atoms with Crippen LogP contribution in [0.3, 0.4) is 0 Å². The number of hydrogen-bond acceptors (Lipinski definition) is 4. The Labute approximate surface area is 132 Å². The molecule has 21 heavy (non-hydrogen) atoms. The van der Waals surface area contributed by atoms with Gasteiger partial charge in [0.25, 0.3) is 0 Å². The molecule has 5 heteroatoms. The molecular formula is C16H28N2O2S. The molecule has 1 spiro atoms. The van der Waals surface area contributed by atoms with Gasteiger partial charge in [-0.15, -0.1) is 0 Å². The molecule has 3 fully saturated rings. The van der Waals surface area contributed by atoms with Crippen molar-refractivity contribution in [2.45, 2.75) is 63.1 Å². The van der Waals surface area contributed by atoms with Crippen LogP contribution in [0.2, 0.25) is 0 Å². The molecule has 0 aliphatic carbocycles. The van der Waals surface area contributed by atoms with Crippen LogP contribution in [-0.2, 0) is 9.53 Å². The van der Waals surface area contributed by atoms with Gasteiger partial charge in [0.2, 0.25) is 5.91 Å². The number of thioether (sulfide) groups is 1. The van der Waals surface area contributed by atoms with Crippen LogP contribution >= 0.6 is 11.8 Å². The van der Waals surface area contributed by atoms with Crippen molar-refractivity contribution >= 4 is 17.7 Å². The van der Waals surface area contributed by atoms with Crippen LogP contribution in [0, 0.1) is 0 Å². The Balaban J connectivity index is 1.51. The molecular weight excluding hydrogens is 284 g/mol. The summed E-state index contributed by atoms with van der Waals surface area (Å²) in [7, 11) is 0. The van der Waals surface area contributed by atoms with E-state index in [-0.39, 0.29) is 17.6 Å². The van der Waals surface area contributed by atoms with Crippen molar-refractivity contribution in [3.05, 3.63) is 0 Å². The number of rotatable bonds is 3. The highest BCUT2D eigenvalue weighted by Crippen LogP contribution is 2.38. The topological polar surface area (TPSA) is 41.6 Å². The number of nitrogens with one attached hydrogen (secondary N) is 1. The van der Waals surface area contributed by atoms with Gasteiger partial charge in [0, 0.05) is 31.5 Å². The normalized spacial score (nSPS) is 35.1. The highest BCUT2D eigenvalue weighted by Gasteiger charge is 2.41. The maximum atomic E-state index is 12.5. The molecule has 0 bridgehead atoms. The zero-order valence-corrected chi connectivity index (χ0v) is 13.9. The molecule has 3 unspecified atom stereocenters. The quantitative estimate of drug-likeness (QED) is 0.866. The second kappa shape index (κ2) is 6.88. The second-order valence-corrected chi connectivity index (χ2v) is 7.90. The molecule has 0 saturated carbocycles. The van der Waals surface area contributed by atoms with Crippen molar-refractivity contribution in [1.29, 1.82) is 0 Å². The average Bonchev–Trinajstić information content (AvgIpc) is 2.95. The summed E-state index contributed by atoms with van der Waals surface area (Å²) in [5.74, 6) is 2.63. The molecule has 0 aromatic carbocycles. The zero-order valence-electron chi connectivity index (χ0n) is 13.1. The van der Waals surface area contributed by atoms with Crippen LogP contribution in [0.15, 0.2) is 0 Å². The monoisotopic (exact) mass is 312 g/mol. The van der Waals surface area contributed by atoms with E-state index in [0.717, 1.165) is 51.1 Å². The Hall–Kier alpha value is -0.260. The zero-order chi connectivity index (χ0) is 14.7. The molecule has 0 aromatic heterocycles. The van der Waals surface area contributed by atoms with Crippen LogP contribution in [-0.4, -0.2) is 59.7 Å². The number of carbonyl (C=O) groups excluding carboxylic acids is 1. The molecule has 3 atom stereocenters. The fourth-order valence-electron chi connectivity index (χ4n) is 3.85. The smallest absolute Gasteiger partial charge is 0.239 e. The lowest BCUT2D eigenvalue weighted by Crippen LogP contribution is -2.54. The van der Waals surface area contributed by atoms with Crippen molar-refractivity contribution in [3.63, 3.8) is 0 Å². The Bertz CT molecular complexity index is 365. The van der Waals surface area contributed by atoms with E-state index < -0.39 is 0 Å². The minimum atomic E-state index is -0.0580. The van der Waals surface area contributed by atoms with E-state index in [9.17, 15) is 4.79 Å². The lowest BCUT2D eigenvalue weighted by atomic mass is 9.89. The van der Waals surface area contributed by atoms with Crippen LogP contribution in [0.5, 0.6) is 0 Å². The van der Waals surface area contributed by atoms with Crippen molar-refractivity contribution in [3.8, 4) is 0 Å². The molecule has 4 nitrogen and oxygen atoms in total. The van der Waals surface area contributed by atoms with Gasteiger partial charge in [-0.1, -0.05) is 0 Å². The van der Waals surface area contributed by atoms with Crippen molar-refractivity contribution in [2.75, 3.05) is 31.2 Å². The van der Waals surface area contributed by atoms with E-state index in [1.165, 1.54) is 18.6 Å². The minimum Gasteiger partial charge on any atom is -0.374 e. The molecule has 0 radical (unpaired) electrons. The molecule has 0 aromatic rings. The van der Waals surface area contributed by atoms with Gasteiger partial charge in [0.1, 0.15) is 0 Å². The van der Waals surface area contributed by atoms with E-state index in [2.05, 4.69) is 5.32 Å². The maximum absolute atomic E-state index is 12.5. The Kier molecular flexibility index (Phi) is 5.12. The molecule has 1 N–H and O–H groups in total. The average molecular weight is 312 g/mol. The number of nitrogens with zero attached hydrogens (tertiary/aromatic N) is 1. The SMILES string of the molecule is CC(NC1CCOC2(CCSC2)C1)C(=O)N1CCCCC1. The van der Waals surface area contributed by atoms with Gasteiger partial charge in [-0.3, -0.25) is 4.79 Å². The summed E-state index contributed by atoms with van der Waals surface area (Å²) in [5, 5.41) is 3.59. The van der Waals surface area contributed by atoms with Crippen LogP contribution < -0.4 is 5.32 Å². The van der Waals surface area contributed by atoms with Gasteiger partial charge in [-0.05, 0) is 51.2 Å². The van der Waals surface area contributed by atoms with E-state index in [0.29, 0.717) is 6.04 Å². The summed E-state index contributed by atoms with van der Waals surface area (Å²) in [6, 6.07) is 0.374. The third kappa shape index (κ3) is 3.74. The van der Waals surface area contributed by atoms with Gasteiger partial charge in [0.05, 0.1) is 11.6 Å². The lowest BCUT2D eigenvalue weighted by Gasteiger charge is -2.39. The van der Waals surface area contributed by atoms with Crippen molar-refractivity contribution < 1.29 is 9.53 Å². The standard InChI is InChI=1S/C16H28N2O2S/c1-13(15(19)18-7-3-2-4-8-18)17-14-5-9-20-16(11-14)6-10-21-12-16/h13-14,17H,2-12H2,1H3. The predicted octanol–water partition coefficient (Wildman–Crippen LogP) is 2.03. The second-order valence-electron chi connectivity index (χ2n) is 6.80. The van der Waals surface area contributed by atoms with E-state index in [1.807, 2.05) is 23.6 Å². The number of carbonyl (C=O) groups is 1. The fraction of sp³-hybridized carbons (Fsp3) is 0.938. The van der Waals surface area contributed by atoms with Crippen LogP contribution in [0.25, 0.3) is 0 Å². The third-order valence-corrected chi connectivity index (χ3v) is 6.31. The lowest BCUT2D eigenvalue weighted by molar-refractivity contribution is -0.135. The maximum Gasteiger partial charge on any atom is 0.239 e. The molecule has 1 amide bonds. The molecule has 3 rings (SSSR count). The summed E-state index contributed by atoms with van der Waals surface area (Å²) in [6.07, 6.45) is 6.86. The summed E-state index contributed by atoms with van der Waals surface area (Å²) >= 11 is 2.00.